The molecule has 0 radical (unpaired) electrons. The molecule has 1 aliphatic carbocycles. The van der Waals surface area contributed by atoms with E-state index in [2.05, 4.69) is 15.6 Å². The highest BCUT2D eigenvalue weighted by Gasteiger charge is 2.27. The predicted molar refractivity (Wildman–Crippen MR) is 76.7 cm³/mol. The molecule has 0 bridgehead atoms. The topological polar surface area (TPSA) is 100 Å². The first-order chi connectivity index (χ1) is 9.63. The summed E-state index contributed by atoms with van der Waals surface area (Å²) in [4.78, 5) is 30.1. The molecule has 0 atom stereocenters. The minimum absolute atomic E-state index is 0.0198. The van der Waals surface area contributed by atoms with Gasteiger partial charge in [0.15, 0.2) is 5.13 Å². The van der Waals surface area contributed by atoms with Crippen molar-refractivity contribution in [2.75, 3.05) is 30.7 Å². The van der Waals surface area contributed by atoms with Crippen LogP contribution in [0.4, 0.5) is 10.9 Å². The van der Waals surface area contributed by atoms with Crippen molar-refractivity contribution in [2.45, 2.75) is 25.3 Å². The zero-order valence-electron chi connectivity index (χ0n) is 11.0. The summed E-state index contributed by atoms with van der Waals surface area (Å²) in [5.41, 5.74) is 5.84. The summed E-state index contributed by atoms with van der Waals surface area (Å²) in [6.07, 6.45) is 2.61. The molecule has 1 aromatic heterocycles. The molecule has 7 nitrogen and oxygen atoms in total. The van der Waals surface area contributed by atoms with Crippen LogP contribution in [-0.2, 0) is 4.79 Å². The zero-order valence-corrected chi connectivity index (χ0v) is 11.8. The normalized spacial score (nSPS) is 19.4. The van der Waals surface area contributed by atoms with Gasteiger partial charge in [-0.1, -0.05) is 11.3 Å². The van der Waals surface area contributed by atoms with Gasteiger partial charge in [0.05, 0.1) is 0 Å². The van der Waals surface area contributed by atoms with Gasteiger partial charge < -0.3 is 21.3 Å². The molecule has 2 amide bonds. The van der Waals surface area contributed by atoms with E-state index in [1.165, 1.54) is 11.3 Å². The lowest BCUT2D eigenvalue weighted by atomic mass is 10.3. The fourth-order valence-corrected chi connectivity index (χ4v) is 2.99. The van der Waals surface area contributed by atoms with Crippen molar-refractivity contribution < 1.29 is 9.59 Å². The third kappa shape index (κ3) is 2.84. The number of nitrogens with zero attached hydrogens (tertiary/aromatic N) is 2. The van der Waals surface area contributed by atoms with E-state index in [0.717, 1.165) is 12.8 Å². The fourth-order valence-electron chi connectivity index (χ4n) is 2.06. The van der Waals surface area contributed by atoms with Gasteiger partial charge in [-0.3, -0.25) is 9.59 Å². The van der Waals surface area contributed by atoms with Crippen LogP contribution in [0.5, 0.6) is 0 Å². The smallest absolute Gasteiger partial charge is 0.267 e. The summed E-state index contributed by atoms with van der Waals surface area (Å²) >= 11 is 1.29. The highest BCUT2D eigenvalue weighted by Crippen LogP contribution is 2.31. The van der Waals surface area contributed by atoms with Gasteiger partial charge in [-0.05, 0) is 12.8 Å². The standard InChI is InChI=1S/C12H17N5O2S/c13-10-9(20-12(16-10)15-7-1-2-7)11(19)17-5-3-8(18)14-4-6-17/h7H,1-6,13H2,(H,14,18)(H,15,16). The lowest BCUT2D eigenvalue weighted by Crippen LogP contribution is -2.34. The molecule has 2 fully saturated rings. The second-order valence-electron chi connectivity index (χ2n) is 5.04. The van der Waals surface area contributed by atoms with E-state index >= 15 is 0 Å². The molecule has 2 heterocycles. The maximum absolute atomic E-state index is 12.4. The van der Waals surface area contributed by atoms with E-state index in [1.54, 1.807) is 4.90 Å². The Kier molecular flexibility index (Phi) is 3.47. The molecule has 0 aromatic carbocycles. The maximum Gasteiger partial charge on any atom is 0.267 e. The minimum Gasteiger partial charge on any atom is -0.382 e. The van der Waals surface area contributed by atoms with E-state index in [-0.39, 0.29) is 17.6 Å². The highest BCUT2D eigenvalue weighted by molar-refractivity contribution is 7.18. The van der Waals surface area contributed by atoms with Crippen molar-refractivity contribution in [1.29, 1.82) is 0 Å². The second-order valence-corrected chi connectivity index (χ2v) is 6.04. The summed E-state index contributed by atoms with van der Waals surface area (Å²) in [6, 6.07) is 0.475. The monoisotopic (exact) mass is 295 g/mol. The maximum atomic E-state index is 12.4. The minimum atomic E-state index is -0.139. The Morgan fingerprint density at radius 2 is 2.25 bits per heavy atom. The Balaban J connectivity index is 1.71. The first kappa shape index (κ1) is 13.2. The largest absolute Gasteiger partial charge is 0.382 e. The Morgan fingerprint density at radius 1 is 1.45 bits per heavy atom. The van der Waals surface area contributed by atoms with Crippen molar-refractivity contribution >= 4 is 34.1 Å². The van der Waals surface area contributed by atoms with Crippen LogP contribution in [0.1, 0.15) is 28.9 Å². The molecular weight excluding hydrogens is 278 g/mol. The molecule has 0 unspecified atom stereocenters. The quantitative estimate of drug-likeness (QED) is 0.743. The molecular formula is C12H17N5O2S. The third-order valence-corrected chi connectivity index (χ3v) is 4.34. The van der Waals surface area contributed by atoms with Crippen molar-refractivity contribution in [3.63, 3.8) is 0 Å². The first-order valence-corrected chi connectivity index (χ1v) is 7.54. The van der Waals surface area contributed by atoms with Gasteiger partial charge in [0, 0.05) is 32.1 Å². The number of anilines is 2. The number of carbonyl (C=O) groups excluding carboxylic acids is 2. The Morgan fingerprint density at radius 3 is 3.00 bits per heavy atom. The average Bonchev–Trinajstić information content (AvgIpc) is 3.17. The molecule has 20 heavy (non-hydrogen) atoms. The van der Waals surface area contributed by atoms with Gasteiger partial charge >= 0.3 is 0 Å². The van der Waals surface area contributed by atoms with E-state index < -0.39 is 0 Å². The summed E-state index contributed by atoms with van der Waals surface area (Å²) in [5, 5.41) is 6.70. The Labute approximate surface area is 120 Å². The Hall–Kier alpha value is -1.83. The van der Waals surface area contributed by atoms with Gasteiger partial charge in [-0.15, -0.1) is 0 Å². The van der Waals surface area contributed by atoms with E-state index in [9.17, 15) is 9.59 Å². The summed E-state index contributed by atoms with van der Waals surface area (Å²) in [5.74, 6) is 0.112. The first-order valence-electron chi connectivity index (χ1n) is 6.72. The number of hydrogen-bond acceptors (Lipinski definition) is 6. The van der Waals surface area contributed by atoms with Crippen LogP contribution in [0.3, 0.4) is 0 Å². The number of carbonyl (C=O) groups is 2. The molecule has 1 saturated carbocycles. The number of nitrogen functional groups attached to an aromatic ring is 1. The Bertz CT molecular complexity index is 540. The predicted octanol–water partition coefficient (Wildman–Crippen LogP) is 0.262. The SMILES string of the molecule is Nc1nc(NC2CC2)sc1C(=O)N1CCNC(=O)CC1. The van der Waals surface area contributed by atoms with Crippen LogP contribution in [-0.4, -0.2) is 47.4 Å². The van der Waals surface area contributed by atoms with Crippen LogP contribution >= 0.6 is 11.3 Å². The molecule has 8 heteroatoms. The molecule has 3 rings (SSSR count). The number of thiazole rings is 1. The summed E-state index contributed by atoms with van der Waals surface area (Å²) < 4.78 is 0. The van der Waals surface area contributed by atoms with Crippen LogP contribution < -0.4 is 16.4 Å². The summed E-state index contributed by atoms with van der Waals surface area (Å²) in [7, 11) is 0. The number of rotatable bonds is 3. The van der Waals surface area contributed by atoms with Crippen molar-refractivity contribution in [3.05, 3.63) is 4.88 Å². The van der Waals surface area contributed by atoms with Crippen LogP contribution in [0.2, 0.25) is 0 Å². The van der Waals surface area contributed by atoms with Crippen molar-refractivity contribution in [1.82, 2.24) is 15.2 Å². The number of aromatic nitrogens is 1. The molecule has 0 spiro atoms. The molecule has 4 N–H and O–H groups in total. The van der Waals surface area contributed by atoms with Crippen molar-refractivity contribution in [3.8, 4) is 0 Å². The average molecular weight is 295 g/mol. The molecule has 2 aliphatic rings. The third-order valence-electron chi connectivity index (χ3n) is 3.35. The van der Waals surface area contributed by atoms with Crippen LogP contribution in [0, 0.1) is 0 Å². The van der Waals surface area contributed by atoms with Gasteiger partial charge in [-0.2, -0.15) is 0 Å². The molecule has 1 saturated heterocycles. The number of amides is 2. The van der Waals surface area contributed by atoms with Gasteiger partial charge in [-0.25, -0.2) is 4.98 Å². The van der Waals surface area contributed by atoms with Gasteiger partial charge in [0.1, 0.15) is 10.7 Å². The van der Waals surface area contributed by atoms with Gasteiger partial charge in [0.25, 0.3) is 5.91 Å². The number of nitrogens with two attached hydrogens (primary N) is 1. The summed E-state index contributed by atoms with van der Waals surface area (Å²) in [6.45, 7) is 1.41. The second kappa shape index (κ2) is 5.28. The van der Waals surface area contributed by atoms with Crippen molar-refractivity contribution in [2.24, 2.45) is 0 Å². The van der Waals surface area contributed by atoms with Gasteiger partial charge in [0.2, 0.25) is 5.91 Å². The van der Waals surface area contributed by atoms with Crippen LogP contribution in [0.25, 0.3) is 0 Å². The lowest BCUT2D eigenvalue weighted by molar-refractivity contribution is -0.120. The molecule has 1 aliphatic heterocycles. The number of nitrogens with one attached hydrogen (secondary N) is 2. The molecule has 108 valence electrons. The fraction of sp³-hybridized carbons (Fsp3) is 0.583. The highest BCUT2D eigenvalue weighted by atomic mass is 32.1. The lowest BCUT2D eigenvalue weighted by Gasteiger charge is -2.18. The zero-order chi connectivity index (χ0) is 14.1. The van der Waals surface area contributed by atoms with Crippen LogP contribution in [0.15, 0.2) is 0 Å². The molecule has 1 aromatic rings. The van der Waals surface area contributed by atoms with E-state index in [1.807, 2.05) is 0 Å². The van der Waals surface area contributed by atoms with E-state index in [0.29, 0.717) is 42.1 Å². The van der Waals surface area contributed by atoms with E-state index in [4.69, 9.17) is 5.73 Å². The number of hydrogen-bond donors (Lipinski definition) is 3.